The summed E-state index contributed by atoms with van der Waals surface area (Å²) in [5, 5.41) is 0.144. The summed E-state index contributed by atoms with van der Waals surface area (Å²) in [6.07, 6.45) is 0.441. The minimum absolute atomic E-state index is 0.144. The summed E-state index contributed by atoms with van der Waals surface area (Å²) in [4.78, 5) is 0. The molecule has 1 unspecified atom stereocenters. The molecule has 1 nitrogen and oxygen atoms in total. The largest absolute Gasteiger partial charge is 0.324 e. The highest BCUT2D eigenvalue weighted by molar-refractivity contribution is 6.30. The Morgan fingerprint density at radius 3 is 2.63 bits per heavy atom. The van der Waals surface area contributed by atoms with Crippen LogP contribution in [0.5, 0.6) is 0 Å². The van der Waals surface area contributed by atoms with Gasteiger partial charge in [0, 0.05) is 6.04 Å². The van der Waals surface area contributed by atoms with Gasteiger partial charge in [-0.15, -0.1) is 0 Å². The van der Waals surface area contributed by atoms with Crippen LogP contribution in [0.2, 0.25) is 5.02 Å². The average Bonchev–Trinajstić information content (AvgIpc) is 2.34. The summed E-state index contributed by atoms with van der Waals surface area (Å²) < 4.78 is 13.9. The number of benzene rings is 2. The van der Waals surface area contributed by atoms with E-state index in [9.17, 15) is 4.39 Å². The first-order chi connectivity index (χ1) is 8.99. The van der Waals surface area contributed by atoms with Crippen molar-refractivity contribution in [1.29, 1.82) is 0 Å². The molecule has 1 atom stereocenters. The SMILES string of the molecule is Cc1ccc(C(N)Cc2cccc(Cl)c2F)c(C)c1. The zero-order chi connectivity index (χ0) is 14.0. The van der Waals surface area contributed by atoms with Gasteiger partial charge in [0.2, 0.25) is 0 Å². The molecule has 100 valence electrons. The minimum atomic E-state index is -0.371. The van der Waals surface area contributed by atoms with Gasteiger partial charge in [0.1, 0.15) is 5.82 Å². The van der Waals surface area contributed by atoms with E-state index in [1.165, 1.54) is 5.56 Å². The molecule has 0 saturated carbocycles. The smallest absolute Gasteiger partial charge is 0.145 e. The molecular weight excluding hydrogens is 261 g/mol. The van der Waals surface area contributed by atoms with Crippen LogP contribution in [0.3, 0.4) is 0 Å². The molecule has 2 aromatic carbocycles. The van der Waals surface area contributed by atoms with Crippen molar-refractivity contribution in [2.45, 2.75) is 26.3 Å². The van der Waals surface area contributed by atoms with E-state index >= 15 is 0 Å². The maximum atomic E-state index is 13.9. The Balaban J connectivity index is 2.25. The molecule has 2 N–H and O–H groups in total. The number of aryl methyl sites for hydroxylation is 2. The maximum Gasteiger partial charge on any atom is 0.145 e. The predicted octanol–water partition coefficient (Wildman–Crippen LogP) is 4.34. The highest BCUT2D eigenvalue weighted by atomic mass is 35.5. The minimum Gasteiger partial charge on any atom is -0.324 e. The normalized spacial score (nSPS) is 12.5. The number of hydrogen-bond donors (Lipinski definition) is 1. The first-order valence-corrected chi connectivity index (χ1v) is 6.62. The average molecular weight is 278 g/mol. The van der Waals surface area contributed by atoms with Gasteiger partial charge in [-0.2, -0.15) is 0 Å². The molecule has 0 aliphatic carbocycles. The third kappa shape index (κ3) is 3.14. The molecule has 0 bridgehead atoms. The molecule has 0 amide bonds. The van der Waals surface area contributed by atoms with Gasteiger partial charge in [-0.1, -0.05) is 47.5 Å². The van der Waals surface area contributed by atoms with Gasteiger partial charge in [-0.25, -0.2) is 4.39 Å². The fourth-order valence-electron chi connectivity index (χ4n) is 2.29. The zero-order valence-corrected chi connectivity index (χ0v) is 11.8. The lowest BCUT2D eigenvalue weighted by Crippen LogP contribution is -2.15. The second kappa shape index (κ2) is 5.72. The lowest BCUT2D eigenvalue weighted by Gasteiger charge is -2.16. The van der Waals surface area contributed by atoms with E-state index in [0.29, 0.717) is 12.0 Å². The van der Waals surface area contributed by atoms with Gasteiger partial charge in [0.05, 0.1) is 5.02 Å². The van der Waals surface area contributed by atoms with Crippen LogP contribution in [0.25, 0.3) is 0 Å². The van der Waals surface area contributed by atoms with Crippen molar-refractivity contribution in [3.8, 4) is 0 Å². The molecule has 0 saturated heterocycles. The second-order valence-corrected chi connectivity index (χ2v) is 5.29. The first-order valence-electron chi connectivity index (χ1n) is 6.24. The van der Waals surface area contributed by atoms with Crippen molar-refractivity contribution < 1.29 is 4.39 Å². The number of nitrogens with two attached hydrogens (primary N) is 1. The van der Waals surface area contributed by atoms with E-state index in [2.05, 4.69) is 6.07 Å². The lowest BCUT2D eigenvalue weighted by molar-refractivity contribution is 0.593. The van der Waals surface area contributed by atoms with Gasteiger partial charge in [-0.3, -0.25) is 0 Å². The van der Waals surface area contributed by atoms with E-state index in [4.69, 9.17) is 17.3 Å². The van der Waals surface area contributed by atoms with Gasteiger partial charge in [0.15, 0.2) is 0 Å². The van der Waals surface area contributed by atoms with Gasteiger partial charge in [-0.05, 0) is 43.0 Å². The molecule has 0 aliphatic heterocycles. The topological polar surface area (TPSA) is 26.0 Å². The van der Waals surface area contributed by atoms with Crippen LogP contribution >= 0.6 is 11.6 Å². The van der Waals surface area contributed by atoms with Crippen LogP contribution in [0, 0.1) is 19.7 Å². The maximum absolute atomic E-state index is 13.9. The fraction of sp³-hybridized carbons (Fsp3) is 0.250. The predicted molar refractivity (Wildman–Crippen MR) is 78.0 cm³/mol. The summed E-state index contributed by atoms with van der Waals surface area (Å²) in [7, 11) is 0. The molecule has 0 fully saturated rings. The Morgan fingerprint density at radius 2 is 1.95 bits per heavy atom. The molecular formula is C16H17ClFN. The van der Waals surface area contributed by atoms with Crippen LogP contribution < -0.4 is 5.73 Å². The molecule has 0 aliphatic rings. The number of halogens is 2. The Bertz CT molecular complexity index is 595. The number of rotatable bonds is 3. The van der Waals surface area contributed by atoms with E-state index < -0.39 is 0 Å². The Kier molecular flexibility index (Phi) is 4.23. The van der Waals surface area contributed by atoms with Crippen molar-refractivity contribution >= 4 is 11.6 Å². The third-order valence-electron chi connectivity index (χ3n) is 3.30. The van der Waals surface area contributed by atoms with Crippen molar-refractivity contribution in [3.63, 3.8) is 0 Å². The summed E-state index contributed by atoms with van der Waals surface area (Å²) in [5.74, 6) is -0.371. The van der Waals surface area contributed by atoms with Gasteiger partial charge in [0.25, 0.3) is 0 Å². The standard InChI is InChI=1S/C16H17ClFN/c1-10-6-7-13(11(2)8-10)15(19)9-12-4-3-5-14(17)16(12)18/h3-8,15H,9,19H2,1-2H3. The Hall–Kier alpha value is -1.38. The quantitative estimate of drug-likeness (QED) is 0.887. The van der Waals surface area contributed by atoms with Gasteiger partial charge < -0.3 is 5.73 Å². The monoisotopic (exact) mass is 277 g/mol. The molecule has 3 heteroatoms. The van der Waals surface area contributed by atoms with E-state index in [1.807, 2.05) is 26.0 Å². The van der Waals surface area contributed by atoms with E-state index in [1.54, 1.807) is 18.2 Å². The fourth-order valence-corrected chi connectivity index (χ4v) is 2.49. The highest BCUT2D eigenvalue weighted by Crippen LogP contribution is 2.24. The Labute approximate surface area is 118 Å². The van der Waals surface area contributed by atoms with Crippen LogP contribution in [0.4, 0.5) is 4.39 Å². The summed E-state index contributed by atoms with van der Waals surface area (Å²) in [6.45, 7) is 4.06. The lowest BCUT2D eigenvalue weighted by atomic mass is 9.95. The summed E-state index contributed by atoms with van der Waals surface area (Å²) in [6, 6.07) is 10.9. The highest BCUT2D eigenvalue weighted by Gasteiger charge is 2.13. The van der Waals surface area contributed by atoms with Crippen molar-refractivity contribution in [2.24, 2.45) is 5.73 Å². The third-order valence-corrected chi connectivity index (χ3v) is 3.59. The van der Waals surface area contributed by atoms with Crippen molar-refractivity contribution in [1.82, 2.24) is 0 Å². The van der Waals surface area contributed by atoms with E-state index in [0.717, 1.165) is 11.1 Å². The molecule has 0 spiro atoms. The number of hydrogen-bond acceptors (Lipinski definition) is 1. The molecule has 2 aromatic rings. The van der Waals surface area contributed by atoms with Crippen LogP contribution in [-0.4, -0.2) is 0 Å². The van der Waals surface area contributed by atoms with Crippen LogP contribution in [0.1, 0.15) is 28.3 Å². The molecule has 0 heterocycles. The molecule has 2 rings (SSSR count). The Morgan fingerprint density at radius 1 is 1.21 bits per heavy atom. The molecule has 0 radical (unpaired) electrons. The van der Waals surface area contributed by atoms with E-state index in [-0.39, 0.29) is 16.9 Å². The zero-order valence-electron chi connectivity index (χ0n) is 11.1. The van der Waals surface area contributed by atoms with Crippen molar-refractivity contribution in [2.75, 3.05) is 0 Å². The summed E-state index contributed by atoms with van der Waals surface area (Å²) >= 11 is 5.78. The van der Waals surface area contributed by atoms with Crippen LogP contribution in [-0.2, 0) is 6.42 Å². The second-order valence-electron chi connectivity index (χ2n) is 4.88. The van der Waals surface area contributed by atoms with Crippen molar-refractivity contribution in [3.05, 3.63) is 69.5 Å². The molecule has 19 heavy (non-hydrogen) atoms. The summed E-state index contributed by atoms with van der Waals surface area (Å²) in [5.41, 5.74) is 10.1. The molecule has 0 aromatic heterocycles. The van der Waals surface area contributed by atoms with Gasteiger partial charge >= 0.3 is 0 Å². The van der Waals surface area contributed by atoms with Crippen LogP contribution in [0.15, 0.2) is 36.4 Å². The first kappa shape index (κ1) is 14.0.